The summed E-state index contributed by atoms with van der Waals surface area (Å²) in [5, 5.41) is 3.23. The summed E-state index contributed by atoms with van der Waals surface area (Å²) in [5.41, 5.74) is 0. The number of urea groups is 1. The minimum absolute atomic E-state index is 0.187. The van der Waals surface area contributed by atoms with Crippen molar-refractivity contribution in [3.8, 4) is 0 Å². The minimum atomic E-state index is 0.187. The molecule has 1 heterocycles. The number of amides is 2. The van der Waals surface area contributed by atoms with E-state index in [-0.39, 0.29) is 6.03 Å². The molecular formula is C16H30N2O. The van der Waals surface area contributed by atoms with Gasteiger partial charge in [-0.25, -0.2) is 4.79 Å². The van der Waals surface area contributed by atoms with Gasteiger partial charge >= 0.3 is 6.03 Å². The summed E-state index contributed by atoms with van der Waals surface area (Å²) in [4.78, 5) is 14.4. The molecule has 0 aromatic carbocycles. The van der Waals surface area contributed by atoms with Crippen LogP contribution in [0.5, 0.6) is 0 Å². The van der Waals surface area contributed by atoms with Crippen LogP contribution < -0.4 is 5.32 Å². The van der Waals surface area contributed by atoms with E-state index in [0.29, 0.717) is 17.9 Å². The molecule has 2 aliphatic rings. The second kappa shape index (κ2) is 6.62. The molecule has 110 valence electrons. The van der Waals surface area contributed by atoms with Gasteiger partial charge in [0.2, 0.25) is 0 Å². The Balaban J connectivity index is 1.89. The summed E-state index contributed by atoms with van der Waals surface area (Å²) in [7, 11) is 0. The molecule has 1 saturated heterocycles. The Morgan fingerprint density at radius 3 is 2.53 bits per heavy atom. The Labute approximate surface area is 118 Å². The predicted molar refractivity (Wildman–Crippen MR) is 79.1 cm³/mol. The first-order valence-corrected chi connectivity index (χ1v) is 8.17. The maximum Gasteiger partial charge on any atom is 0.317 e. The Morgan fingerprint density at radius 2 is 1.89 bits per heavy atom. The highest BCUT2D eigenvalue weighted by molar-refractivity contribution is 5.74. The molecule has 0 aromatic heterocycles. The molecule has 2 rings (SSSR count). The fraction of sp³-hybridized carbons (Fsp3) is 0.938. The lowest BCUT2D eigenvalue weighted by Gasteiger charge is -2.41. The molecule has 1 saturated carbocycles. The van der Waals surface area contributed by atoms with Gasteiger partial charge in [-0.05, 0) is 37.0 Å². The van der Waals surface area contributed by atoms with E-state index < -0.39 is 0 Å². The van der Waals surface area contributed by atoms with E-state index >= 15 is 0 Å². The number of nitrogens with zero attached hydrogens (tertiary/aromatic N) is 1. The van der Waals surface area contributed by atoms with Crippen molar-refractivity contribution in [3.63, 3.8) is 0 Å². The van der Waals surface area contributed by atoms with Crippen molar-refractivity contribution < 1.29 is 4.79 Å². The third kappa shape index (κ3) is 3.64. The van der Waals surface area contributed by atoms with Crippen LogP contribution >= 0.6 is 0 Å². The van der Waals surface area contributed by atoms with Crippen LogP contribution in [0.4, 0.5) is 4.79 Å². The minimum Gasteiger partial charge on any atom is -0.335 e. The molecule has 3 unspecified atom stereocenters. The number of carbonyl (C=O) groups is 1. The molecule has 2 amide bonds. The van der Waals surface area contributed by atoms with Crippen LogP contribution in [0.2, 0.25) is 0 Å². The fourth-order valence-corrected chi connectivity index (χ4v) is 3.73. The van der Waals surface area contributed by atoms with Crippen LogP contribution in [0, 0.1) is 17.8 Å². The molecule has 19 heavy (non-hydrogen) atoms. The van der Waals surface area contributed by atoms with Gasteiger partial charge in [0.1, 0.15) is 0 Å². The van der Waals surface area contributed by atoms with Gasteiger partial charge < -0.3 is 10.2 Å². The van der Waals surface area contributed by atoms with E-state index in [1.165, 1.54) is 38.5 Å². The first-order valence-electron chi connectivity index (χ1n) is 8.17. The summed E-state index contributed by atoms with van der Waals surface area (Å²) < 4.78 is 0. The smallest absolute Gasteiger partial charge is 0.317 e. The van der Waals surface area contributed by atoms with Gasteiger partial charge in [0.15, 0.2) is 0 Å². The molecule has 0 bridgehead atoms. The van der Waals surface area contributed by atoms with Gasteiger partial charge in [-0.2, -0.15) is 0 Å². The van der Waals surface area contributed by atoms with E-state index in [4.69, 9.17) is 0 Å². The molecule has 3 heteroatoms. The van der Waals surface area contributed by atoms with E-state index in [2.05, 4.69) is 31.0 Å². The van der Waals surface area contributed by atoms with Gasteiger partial charge in [0.05, 0.1) is 0 Å². The number of carbonyl (C=O) groups excluding carboxylic acids is 1. The van der Waals surface area contributed by atoms with E-state index in [1.54, 1.807) is 0 Å². The van der Waals surface area contributed by atoms with Crippen LogP contribution in [0.1, 0.15) is 59.3 Å². The van der Waals surface area contributed by atoms with Crippen LogP contribution in [-0.4, -0.2) is 30.1 Å². The second-order valence-corrected chi connectivity index (χ2v) is 6.72. The lowest BCUT2D eigenvalue weighted by atomic mass is 9.78. The average molecular weight is 266 g/mol. The summed E-state index contributed by atoms with van der Waals surface area (Å²) in [5.74, 6) is 2.05. The zero-order valence-corrected chi connectivity index (χ0v) is 12.8. The van der Waals surface area contributed by atoms with Crippen LogP contribution in [0.25, 0.3) is 0 Å². The van der Waals surface area contributed by atoms with Crippen molar-refractivity contribution in [1.82, 2.24) is 10.2 Å². The van der Waals surface area contributed by atoms with Crippen molar-refractivity contribution in [1.29, 1.82) is 0 Å². The van der Waals surface area contributed by atoms with Crippen molar-refractivity contribution in [2.45, 2.75) is 65.3 Å². The quantitative estimate of drug-likeness (QED) is 0.831. The maximum atomic E-state index is 12.4. The Morgan fingerprint density at radius 1 is 1.21 bits per heavy atom. The Bertz CT molecular complexity index is 299. The van der Waals surface area contributed by atoms with Gasteiger partial charge in [0.25, 0.3) is 0 Å². The molecular weight excluding hydrogens is 236 g/mol. The predicted octanol–water partition coefficient (Wildman–Crippen LogP) is 3.64. The van der Waals surface area contributed by atoms with Crippen molar-refractivity contribution >= 4 is 6.03 Å². The lowest BCUT2D eigenvalue weighted by Crippen LogP contribution is -2.52. The highest BCUT2D eigenvalue weighted by Crippen LogP contribution is 2.31. The number of nitrogens with one attached hydrogen (secondary N) is 1. The molecule has 1 N–H and O–H groups in total. The zero-order valence-electron chi connectivity index (χ0n) is 12.8. The molecule has 0 radical (unpaired) electrons. The van der Waals surface area contributed by atoms with Crippen molar-refractivity contribution in [2.75, 3.05) is 13.1 Å². The molecule has 3 atom stereocenters. The molecule has 1 aliphatic carbocycles. The number of hydrogen-bond acceptors (Lipinski definition) is 1. The van der Waals surface area contributed by atoms with E-state index in [9.17, 15) is 4.79 Å². The fourth-order valence-electron chi connectivity index (χ4n) is 3.73. The average Bonchev–Trinajstić information content (AvgIpc) is 2.87. The standard InChI is InChI=1S/C16H30N2O/c1-4-7-14-11-18(10-12(2)13(14)3)16(19)17-15-8-5-6-9-15/h12-15H,4-11H2,1-3H3,(H,17,19). The molecule has 0 aromatic rings. The van der Waals surface area contributed by atoms with Crippen LogP contribution in [0.15, 0.2) is 0 Å². The second-order valence-electron chi connectivity index (χ2n) is 6.72. The van der Waals surface area contributed by atoms with Gasteiger partial charge in [0, 0.05) is 19.1 Å². The third-order valence-electron chi connectivity index (χ3n) is 5.23. The molecule has 1 aliphatic heterocycles. The van der Waals surface area contributed by atoms with Gasteiger partial charge in [-0.15, -0.1) is 0 Å². The number of rotatable bonds is 3. The lowest BCUT2D eigenvalue weighted by molar-refractivity contribution is 0.0906. The highest BCUT2D eigenvalue weighted by Gasteiger charge is 2.33. The van der Waals surface area contributed by atoms with Crippen LogP contribution in [-0.2, 0) is 0 Å². The van der Waals surface area contributed by atoms with E-state index in [0.717, 1.165) is 19.0 Å². The summed E-state index contributed by atoms with van der Waals surface area (Å²) in [6.45, 7) is 8.78. The van der Waals surface area contributed by atoms with Gasteiger partial charge in [-0.3, -0.25) is 0 Å². The summed E-state index contributed by atoms with van der Waals surface area (Å²) >= 11 is 0. The summed E-state index contributed by atoms with van der Waals surface area (Å²) in [6, 6.07) is 0.624. The topological polar surface area (TPSA) is 32.3 Å². The maximum absolute atomic E-state index is 12.4. The van der Waals surface area contributed by atoms with Crippen LogP contribution in [0.3, 0.4) is 0 Å². The number of likely N-dealkylation sites (tertiary alicyclic amines) is 1. The first kappa shape index (κ1) is 14.7. The number of hydrogen-bond donors (Lipinski definition) is 1. The number of piperidine rings is 1. The SMILES string of the molecule is CCCC1CN(C(=O)NC2CCCC2)CC(C)C1C. The van der Waals surface area contributed by atoms with E-state index in [1.807, 2.05) is 0 Å². The molecule has 0 spiro atoms. The van der Waals surface area contributed by atoms with Crippen molar-refractivity contribution in [3.05, 3.63) is 0 Å². The largest absolute Gasteiger partial charge is 0.335 e. The summed E-state index contributed by atoms with van der Waals surface area (Å²) in [6.07, 6.45) is 7.36. The Hall–Kier alpha value is -0.730. The molecule has 2 fully saturated rings. The Kier molecular flexibility index (Phi) is 5.12. The first-order chi connectivity index (χ1) is 9.11. The highest BCUT2D eigenvalue weighted by atomic mass is 16.2. The third-order valence-corrected chi connectivity index (χ3v) is 5.23. The normalized spacial score (nSPS) is 32.6. The monoisotopic (exact) mass is 266 g/mol. The molecule has 3 nitrogen and oxygen atoms in total. The zero-order chi connectivity index (χ0) is 13.8. The van der Waals surface area contributed by atoms with Gasteiger partial charge in [-0.1, -0.05) is 40.0 Å². The van der Waals surface area contributed by atoms with Crippen molar-refractivity contribution in [2.24, 2.45) is 17.8 Å².